The van der Waals surface area contributed by atoms with E-state index in [1.807, 2.05) is 11.3 Å². The molecule has 3 rings (SSSR count). The molecule has 0 nitrogen and oxygen atoms in total. The molecular weight excluding hydrogens is 304 g/mol. The Morgan fingerprint density at radius 2 is 1.67 bits per heavy atom. The van der Waals surface area contributed by atoms with E-state index in [-0.39, 0.29) is 4.83 Å². The van der Waals surface area contributed by atoms with Crippen LogP contribution in [0.4, 0.5) is 0 Å². The maximum absolute atomic E-state index is 3.85. The van der Waals surface area contributed by atoms with Crippen LogP contribution in [0.2, 0.25) is 0 Å². The quantitative estimate of drug-likeness (QED) is 0.532. The highest BCUT2D eigenvalue weighted by molar-refractivity contribution is 9.09. The van der Waals surface area contributed by atoms with Gasteiger partial charge in [-0.15, -0.1) is 11.3 Å². The van der Waals surface area contributed by atoms with Crippen LogP contribution in [0.1, 0.15) is 21.5 Å². The van der Waals surface area contributed by atoms with Crippen molar-refractivity contribution in [3.8, 4) is 0 Å². The van der Waals surface area contributed by atoms with E-state index in [0.717, 1.165) is 0 Å². The number of aryl methyl sites for hydroxylation is 1. The lowest BCUT2D eigenvalue weighted by molar-refractivity contribution is 1.17. The molecule has 2 aromatic carbocycles. The molecule has 1 heterocycles. The highest BCUT2D eigenvalue weighted by atomic mass is 79.9. The summed E-state index contributed by atoms with van der Waals surface area (Å²) in [4.78, 5) is 0.273. The number of rotatable bonds is 2. The fraction of sp³-hybridized carbons (Fsp3) is 0.125. The molecule has 0 bridgehead atoms. The molecule has 0 fully saturated rings. The van der Waals surface area contributed by atoms with Gasteiger partial charge in [-0.05, 0) is 40.4 Å². The van der Waals surface area contributed by atoms with Gasteiger partial charge in [0, 0.05) is 4.70 Å². The molecule has 90 valence electrons. The average molecular weight is 317 g/mol. The predicted octanol–water partition coefficient (Wildman–Crippen LogP) is 5.69. The molecule has 1 aromatic heterocycles. The monoisotopic (exact) mass is 316 g/mol. The van der Waals surface area contributed by atoms with Gasteiger partial charge in [0.2, 0.25) is 0 Å². The molecule has 0 aliphatic carbocycles. The summed E-state index contributed by atoms with van der Waals surface area (Å²) in [6.45, 7) is 2.16. The molecule has 0 saturated heterocycles. The first-order valence-corrected chi connectivity index (χ1v) is 7.72. The number of halogens is 1. The van der Waals surface area contributed by atoms with E-state index in [2.05, 4.69) is 76.8 Å². The Balaban J connectivity index is 2.13. The van der Waals surface area contributed by atoms with Crippen LogP contribution in [0, 0.1) is 6.92 Å². The van der Waals surface area contributed by atoms with Crippen LogP contribution in [-0.4, -0.2) is 0 Å². The number of hydrogen-bond acceptors (Lipinski definition) is 1. The summed E-state index contributed by atoms with van der Waals surface area (Å²) in [5, 5.41) is 3.61. The molecule has 0 spiro atoms. The molecule has 18 heavy (non-hydrogen) atoms. The van der Waals surface area contributed by atoms with Gasteiger partial charge >= 0.3 is 0 Å². The first-order valence-electron chi connectivity index (χ1n) is 5.93. The smallest absolute Gasteiger partial charge is 0.0661 e. The van der Waals surface area contributed by atoms with Crippen molar-refractivity contribution < 1.29 is 0 Å². The summed E-state index contributed by atoms with van der Waals surface area (Å²) < 4.78 is 1.35. The maximum atomic E-state index is 3.85. The highest BCUT2D eigenvalue weighted by Crippen LogP contribution is 2.39. The number of thiophene rings is 1. The Bertz CT molecular complexity index is 684. The molecule has 1 unspecified atom stereocenters. The summed E-state index contributed by atoms with van der Waals surface area (Å²) in [5.74, 6) is 0. The van der Waals surface area contributed by atoms with Crippen molar-refractivity contribution in [1.82, 2.24) is 0 Å². The molecule has 3 aromatic rings. The first kappa shape index (κ1) is 11.9. The number of alkyl halides is 1. The lowest BCUT2D eigenvalue weighted by Crippen LogP contribution is -1.94. The molecule has 0 aliphatic rings. The predicted molar refractivity (Wildman–Crippen MR) is 83.8 cm³/mol. The third-order valence-corrected chi connectivity index (χ3v) is 5.21. The second kappa shape index (κ2) is 4.87. The Labute approximate surface area is 119 Å². The summed E-state index contributed by atoms with van der Waals surface area (Å²) >= 11 is 5.66. The molecule has 0 amide bonds. The Kier molecular flexibility index (Phi) is 3.23. The number of benzene rings is 2. The SMILES string of the molecule is Cc1ccccc1C(Br)c1csc2ccccc12. The van der Waals surface area contributed by atoms with E-state index in [0.29, 0.717) is 0 Å². The molecule has 0 N–H and O–H groups in total. The van der Waals surface area contributed by atoms with Crippen molar-refractivity contribution in [3.05, 3.63) is 70.6 Å². The first-order chi connectivity index (χ1) is 8.77. The second-order valence-corrected chi connectivity index (χ2v) is 6.23. The van der Waals surface area contributed by atoms with Gasteiger partial charge in [0.05, 0.1) is 4.83 Å². The molecule has 2 heteroatoms. The summed E-state index contributed by atoms with van der Waals surface area (Å²) in [7, 11) is 0. The zero-order chi connectivity index (χ0) is 12.5. The van der Waals surface area contributed by atoms with E-state index < -0.39 is 0 Å². The van der Waals surface area contributed by atoms with Crippen LogP contribution in [0.3, 0.4) is 0 Å². The van der Waals surface area contributed by atoms with Crippen molar-refractivity contribution in [2.75, 3.05) is 0 Å². The van der Waals surface area contributed by atoms with E-state index in [1.54, 1.807) is 0 Å². The molecule has 1 atom stereocenters. The molecule has 0 radical (unpaired) electrons. The maximum Gasteiger partial charge on any atom is 0.0661 e. The lowest BCUT2D eigenvalue weighted by atomic mass is 10.0. The Hall–Kier alpha value is -1.12. The van der Waals surface area contributed by atoms with E-state index >= 15 is 0 Å². The van der Waals surface area contributed by atoms with Crippen LogP contribution in [-0.2, 0) is 0 Å². The Morgan fingerprint density at radius 3 is 2.50 bits per heavy atom. The van der Waals surface area contributed by atoms with Crippen molar-refractivity contribution >= 4 is 37.4 Å². The average Bonchev–Trinajstić information content (AvgIpc) is 2.82. The van der Waals surface area contributed by atoms with E-state index in [1.165, 1.54) is 26.8 Å². The van der Waals surface area contributed by atoms with Gasteiger partial charge in [-0.3, -0.25) is 0 Å². The number of hydrogen-bond donors (Lipinski definition) is 0. The molecule has 0 aliphatic heterocycles. The fourth-order valence-electron chi connectivity index (χ4n) is 2.23. The minimum Gasteiger partial charge on any atom is -0.143 e. The van der Waals surface area contributed by atoms with Crippen molar-refractivity contribution in [2.45, 2.75) is 11.8 Å². The van der Waals surface area contributed by atoms with Crippen LogP contribution >= 0.6 is 27.3 Å². The Morgan fingerprint density at radius 1 is 0.944 bits per heavy atom. The van der Waals surface area contributed by atoms with Crippen LogP contribution in [0.15, 0.2) is 53.9 Å². The van der Waals surface area contributed by atoms with Crippen molar-refractivity contribution in [3.63, 3.8) is 0 Å². The normalized spacial score (nSPS) is 12.8. The molecular formula is C16H13BrS. The lowest BCUT2D eigenvalue weighted by Gasteiger charge is -2.12. The minimum absolute atomic E-state index is 0.273. The standard InChI is InChI=1S/C16H13BrS/c1-11-6-2-3-7-12(11)16(17)14-10-18-15-9-5-4-8-13(14)15/h2-10,16H,1H3. The zero-order valence-electron chi connectivity index (χ0n) is 10.1. The van der Waals surface area contributed by atoms with Gasteiger partial charge in [-0.25, -0.2) is 0 Å². The van der Waals surface area contributed by atoms with Crippen LogP contribution < -0.4 is 0 Å². The van der Waals surface area contributed by atoms with Crippen molar-refractivity contribution in [2.24, 2.45) is 0 Å². The zero-order valence-corrected chi connectivity index (χ0v) is 12.5. The van der Waals surface area contributed by atoms with Crippen LogP contribution in [0.25, 0.3) is 10.1 Å². The van der Waals surface area contributed by atoms with Gasteiger partial charge in [0.1, 0.15) is 0 Å². The van der Waals surface area contributed by atoms with E-state index in [9.17, 15) is 0 Å². The third-order valence-electron chi connectivity index (χ3n) is 3.25. The third kappa shape index (κ3) is 2.00. The minimum atomic E-state index is 0.273. The van der Waals surface area contributed by atoms with Gasteiger partial charge < -0.3 is 0 Å². The van der Waals surface area contributed by atoms with Crippen LogP contribution in [0.5, 0.6) is 0 Å². The highest BCUT2D eigenvalue weighted by Gasteiger charge is 2.16. The number of fused-ring (bicyclic) bond motifs is 1. The summed E-state index contributed by atoms with van der Waals surface area (Å²) in [6, 6.07) is 17.1. The topological polar surface area (TPSA) is 0 Å². The van der Waals surface area contributed by atoms with Gasteiger partial charge in [-0.1, -0.05) is 58.4 Å². The fourth-order valence-corrected chi connectivity index (χ4v) is 4.29. The van der Waals surface area contributed by atoms with Crippen molar-refractivity contribution in [1.29, 1.82) is 0 Å². The van der Waals surface area contributed by atoms with Gasteiger partial charge in [-0.2, -0.15) is 0 Å². The molecule has 0 saturated carbocycles. The largest absolute Gasteiger partial charge is 0.143 e. The van der Waals surface area contributed by atoms with E-state index in [4.69, 9.17) is 0 Å². The van der Waals surface area contributed by atoms with Gasteiger partial charge in [0.25, 0.3) is 0 Å². The van der Waals surface area contributed by atoms with Gasteiger partial charge in [0.15, 0.2) is 0 Å². The second-order valence-electron chi connectivity index (χ2n) is 4.41. The summed E-state index contributed by atoms with van der Waals surface area (Å²) in [6.07, 6.45) is 0. The summed E-state index contributed by atoms with van der Waals surface area (Å²) in [5.41, 5.74) is 4.04.